The van der Waals surface area contributed by atoms with Crippen molar-refractivity contribution in [3.8, 4) is 5.75 Å². The van der Waals surface area contributed by atoms with Crippen LogP contribution in [0.3, 0.4) is 0 Å². The van der Waals surface area contributed by atoms with Gasteiger partial charge in [-0.05, 0) is 55.0 Å². The topological polar surface area (TPSA) is 38.7 Å². The van der Waals surface area contributed by atoms with Crippen LogP contribution in [0.1, 0.15) is 21.5 Å². The van der Waals surface area contributed by atoms with Gasteiger partial charge in [0, 0.05) is 10.7 Å². The second kappa shape index (κ2) is 8.70. The normalized spacial score (nSPS) is 11.0. The molecule has 0 saturated carbocycles. The molecule has 0 N–H and O–H groups in total. The SMILES string of the molecule is Cc1ccc(C(=O)Oc2cc(Br)cc(C=Nc3cccc(Cl)c3Cl)c2)cc1. The fraction of sp³-hybridized carbons (Fsp3) is 0.0476. The predicted molar refractivity (Wildman–Crippen MR) is 114 cm³/mol. The first-order chi connectivity index (χ1) is 12.9. The number of carbonyl (C=O) groups excluding carboxylic acids is 1. The summed E-state index contributed by atoms with van der Waals surface area (Å²) in [7, 11) is 0. The smallest absolute Gasteiger partial charge is 0.343 e. The fourth-order valence-electron chi connectivity index (χ4n) is 2.31. The molecular formula is C21H14BrCl2NO2. The third-order valence-corrected chi connectivity index (χ3v) is 4.94. The zero-order valence-corrected chi connectivity index (χ0v) is 17.3. The fourth-order valence-corrected chi connectivity index (χ4v) is 3.14. The molecule has 0 aliphatic carbocycles. The van der Waals surface area contributed by atoms with Crippen molar-refractivity contribution < 1.29 is 9.53 Å². The van der Waals surface area contributed by atoms with Crippen LogP contribution in [-0.4, -0.2) is 12.2 Å². The van der Waals surface area contributed by atoms with Gasteiger partial charge in [0.25, 0.3) is 0 Å². The van der Waals surface area contributed by atoms with Crippen LogP contribution in [-0.2, 0) is 0 Å². The Balaban J connectivity index is 1.81. The van der Waals surface area contributed by atoms with Crippen LogP contribution in [0.25, 0.3) is 0 Å². The van der Waals surface area contributed by atoms with E-state index in [-0.39, 0.29) is 0 Å². The molecule has 0 unspecified atom stereocenters. The predicted octanol–water partition coefficient (Wildman–Crippen LogP) is 7.03. The molecule has 3 aromatic carbocycles. The number of rotatable bonds is 4. The van der Waals surface area contributed by atoms with Crippen molar-refractivity contribution in [2.24, 2.45) is 4.99 Å². The van der Waals surface area contributed by atoms with Crippen LogP contribution in [0.5, 0.6) is 5.75 Å². The Kier molecular flexibility index (Phi) is 6.32. The minimum atomic E-state index is -0.422. The van der Waals surface area contributed by atoms with Crippen LogP contribution >= 0.6 is 39.1 Å². The van der Waals surface area contributed by atoms with E-state index in [1.54, 1.807) is 48.7 Å². The molecule has 0 aliphatic rings. The molecule has 3 aromatic rings. The number of aliphatic imine (C=N–C) groups is 1. The lowest BCUT2D eigenvalue weighted by Crippen LogP contribution is -2.08. The molecule has 0 saturated heterocycles. The number of hydrogen-bond donors (Lipinski definition) is 0. The van der Waals surface area contributed by atoms with E-state index in [1.807, 2.05) is 25.1 Å². The second-order valence-corrected chi connectivity index (χ2v) is 7.51. The van der Waals surface area contributed by atoms with Crippen LogP contribution in [0.15, 0.2) is 70.1 Å². The maximum Gasteiger partial charge on any atom is 0.343 e. The number of esters is 1. The molecule has 0 aromatic heterocycles. The lowest BCUT2D eigenvalue weighted by atomic mass is 10.1. The van der Waals surface area contributed by atoms with Crippen LogP contribution in [0.4, 0.5) is 5.69 Å². The summed E-state index contributed by atoms with van der Waals surface area (Å²) in [5.74, 6) is -0.0116. The van der Waals surface area contributed by atoms with E-state index in [9.17, 15) is 4.79 Å². The minimum absolute atomic E-state index is 0.386. The molecule has 3 nitrogen and oxygen atoms in total. The maximum atomic E-state index is 12.3. The van der Waals surface area contributed by atoms with Crippen molar-refractivity contribution in [2.75, 3.05) is 0 Å². The van der Waals surface area contributed by atoms with E-state index in [4.69, 9.17) is 27.9 Å². The standard InChI is InChI=1S/C21H14BrCl2NO2/c1-13-5-7-15(8-6-13)21(26)27-17-10-14(9-16(22)11-17)12-25-19-4-2-3-18(23)20(19)24/h2-12H,1H3. The zero-order chi connectivity index (χ0) is 19.4. The summed E-state index contributed by atoms with van der Waals surface area (Å²) in [6, 6.07) is 17.7. The summed E-state index contributed by atoms with van der Waals surface area (Å²) in [5, 5.41) is 0.824. The largest absolute Gasteiger partial charge is 0.423 e. The number of nitrogens with zero attached hydrogens (tertiary/aromatic N) is 1. The first kappa shape index (κ1) is 19.6. The number of hydrogen-bond acceptors (Lipinski definition) is 3. The summed E-state index contributed by atoms with van der Waals surface area (Å²) in [6.45, 7) is 1.96. The van der Waals surface area contributed by atoms with Crippen molar-refractivity contribution in [1.82, 2.24) is 0 Å². The Labute approximate surface area is 175 Å². The van der Waals surface area contributed by atoms with Gasteiger partial charge in [-0.25, -0.2) is 4.79 Å². The Bertz CT molecular complexity index is 1020. The van der Waals surface area contributed by atoms with E-state index >= 15 is 0 Å². The molecule has 0 spiro atoms. The van der Waals surface area contributed by atoms with Crippen molar-refractivity contribution in [1.29, 1.82) is 0 Å². The Morgan fingerprint density at radius 1 is 1.07 bits per heavy atom. The van der Waals surface area contributed by atoms with E-state index in [0.29, 0.717) is 27.0 Å². The molecule has 27 heavy (non-hydrogen) atoms. The first-order valence-corrected chi connectivity index (χ1v) is 9.55. The third-order valence-electron chi connectivity index (χ3n) is 3.68. The molecule has 136 valence electrons. The van der Waals surface area contributed by atoms with Gasteiger partial charge >= 0.3 is 5.97 Å². The van der Waals surface area contributed by atoms with Gasteiger partial charge in [0.2, 0.25) is 0 Å². The average Bonchev–Trinajstić information content (AvgIpc) is 2.63. The highest BCUT2D eigenvalue weighted by Crippen LogP contribution is 2.31. The number of benzene rings is 3. The van der Waals surface area contributed by atoms with Gasteiger partial charge in [0.1, 0.15) is 5.75 Å². The summed E-state index contributed by atoms with van der Waals surface area (Å²) in [5.41, 5.74) is 2.86. The molecule has 0 radical (unpaired) electrons. The summed E-state index contributed by atoms with van der Waals surface area (Å²) < 4.78 is 6.24. The lowest BCUT2D eigenvalue weighted by Gasteiger charge is -2.07. The molecule has 0 fully saturated rings. The van der Waals surface area contributed by atoms with E-state index in [1.165, 1.54) is 0 Å². The molecule has 3 rings (SSSR count). The average molecular weight is 463 g/mol. The van der Waals surface area contributed by atoms with Crippen molar-refractivity contribution >= 4 is 57.0 Å². The van der Waals surface area contributed by atoms with Crippen LogP contribution < -0.4 is 4.74 Å². The zero-order valence-electron chi connectivity index (χ0n) is 14.2. The molecule has 0 aliphatic heterocycles. The highest BCUT2D eigenvalue weighted by Gasteiger charge is 2.09. The molecule has 0 amide bonds. The van der Waals surface area contributed by atoms with E-state index in [2.05, 4.69) is 20.9 Å². The highest BCUT2D eigenvalue weighted by atomic mass is 79.9. The second-order valence-electron chi connectivity index (χ2n) is 5.81. The summed E-state index contributed by atoms with van der Waals surface area (Å²) >= 11 is 15.6. The van der Waals surface area contributed by atoms with Crippen molar-refractivity contribution in [2.45, 2.75) is 6.92 Å². The minimum Gasteiger partial charge on any atom is -0.423 e. The third kappa shape index (κ3) is 5.19. The van der Waals surface area contributed by atoms with Crippen molar-refractivity contribution in [3.63, 3.8) is 0 Å². The monoisotopic (exact) mass is 461 g/mol. The van der Waals surface area contributed by atoms with Crippen LogP contribution in [0, 0.1) is 6.92 Å². The van der Waals surface area contributed by atoms with Crippen molar-refractivity contribution in [3.05, 3.63) is 91.9 Å². The van der Waals surface area contributed by atoms with Gasteiger partial charge in [-0.1, -0.05) is 62.9 Å². The van der Waals surface area contributed by atoms with Gasteiger partial charge in [0.05, 0.1) is 21.3 Å². The Morgan fingerprint density at radius 3 is 2.56 bits per heavy atom. The first-order valence-electron chi connectivity index (χ1n) is 8.00. The van der Waals surface area contributed by atoms with Crippen LogP contribution in [0.2, 0.25) is 10.0 Å². The van der Waals surface area contributed by atoms with E-state index in [0.717, 1.165) is 15.6 Å². The number of halogens is 3. The van der Waals surface area contributed by atoms with Gasteiger partial charge < -0.3 is 4.74 Å². The Morgan fingerprint density at radius 2 is 1.81 bits per heavy atom. The maximum absolute atomic E-state index is 12.3. The Hall–Kier alpha value is -2.14. The number of carbonyl (C=O) groups is 1. The molecular weight excluding hydrogens is 449 g/mol. The molecule has 0 heterocycles. The summed E-state index contributed by atoms with van der Waals surface area (Å²) in [6.07, 6.45) is 1.63. The highest BCUT2D eigenvalue weighted by molar-refractivity contribution is 9.10. The van der Waals surface area contributed by atoms with Gasteiger partial charge in [-0.3, -0.25) is 4.99 Å². The molecule has 0 atom stereocenters. The quantitative estimate of drug-likeness (QED) is 0.237. The lowest BCUT2D eigenvalue weighted by molar-refractivity contribution is 0.0734. The summed E-state index contributed by atoms with van der Waals surface area (Å²) in [4.78, 5) is 16.7. The van der Waals surface area contributed by atoms with Gasteiger partial charge in [-0.2, -0.15) is 0 Å². The van der Waals surface area contributed by atoms with Gasteiger partial charge in [0.15, 0.2) is 0 Å². The number of aryl methyl sites for hydroxylation is 1. The van der Waals surface area contributed by atoms with E-state index < -0.39 is 5.97 Å². The van der Waals surface area contributed by atoms with Gasteiger partial charge in [-0.15, -0.1) is 0 Å². The molecule has 6 heteroatoms. The molecule has 0 bridgehead atoms. The number of ether oxygens (including phenoxy) is 1.